The van der Waals surface area contributed by atoms with Crippen molar-refractivity contribution < 1.29 is 14.3 Å². The molecule has 0 N–H and O–H groups in total. The van der Waals surface area contributed by atoms with E-state index in [-0.39, 0.29) is 19.1 Å². The van der Waals surface area contributed by atoms with Crippen LogP contribution in [-0.2, 0) is 17.9 Å². The van der Waals surface area contributed by atoms with Gasteiger partial charge in [0, 0.05) is 12.2 Å². The smallest absolute Gasteiger partial charge is 0.246 e. The van der Waals surface area contributed by atoms with Crippen LogP contribution in [0.1, 0.15) is 12.7 Å². The lowest BCUT2D eigenvalue weighted by Gasteiger charge is -2.22. The van der Waals surface area contributed by atoms with Crippen LogP contribution in [0.25, 0.3) is 11.0 Å². The van der Waals surface area contributed by atoms with Crippen molar-refractivity contribution in [1.29, 1.82) is 0 Å². The molecule has 31 heavy (non-hydrogen) atoms. The van der Waals surface area contributed by atoms with Gasteiger partial charge in [-0.05, 0) is 43.3 Å². The largest absolute Gasteiger partial charge is 0.493 e. The summed E-state index contributed by atoms with van der Waals surface area (Å²) in [7, 11) is 1.61. The van der Waals surface area contributed by atoms with E-state index in [2.05, 4.69) is 0 Å². The summed E-state index contributed by atoms with van der Waals surface area (Å²) in [6.45, 7) is 2.96. The lowest BCUT2D eigenvalue weighted by Crippen LogP contribution is -2.34. The number of carbonyl (C=O) groups is 1. The highest BCUT2D eigenvalue weighted by molar-refractivity contribution is 5.94. The van der Waals surface area contributed by atoms with Crippen molar-refractivity contribution in [3.05, 3.63) is 84.7 Å². The van der Waals surface area contributed by atoms with Gasteiger partial charge in [0.05, 0.1) is 18.1 Å². The quantitative estimate of drug-likeness (QED) is 0.419. The Morgan fingerprint density at radius 3 is 2.35 bits per heavy atom. The Hall–Kier alpha value is -3.80. The third kappa shape index (κ3) is 4.38. The van der Waals surface area contributed by atoms with E-state index in [9.17, 15) is 4.79 Å². The first kappa shape index (κ1) is 20.5. The Bertz CT molecular complexity index is 1170. The molecule has 3 aromatic carbocycles. The second kappa shape index (κ2) is 9.34. The third-order valence-corrected chi connectivity index (χ3v) is 5.14. The number of methoxy groups -OCH3 is 1. The summed E-state index contributed by atoms with van der Waals surface area (Å²) in [6, 6.07) is 25.0. The summed E-state index contributed by atoms with van der Waals surface area (Å²) >= 11 is 0. The Kier molecular flexibility index (Phi) is 6.17. The highest BCUT2D eigenvalue weighted by Crippen LogP contribution is 2.27. The first-order valence-electron chi connectivity index (χ1n) is 10.3. The van der Waals surface area contributed by atoms with Crippen LogP contribution >= 0.6 is 0 Å². The molecule has 0 radical (unpaired) electrons. The molecule has 0 spiro atoms. The molecule has 0 fully saturated rings. The fourth-order valence-electron chi connectivity index (χ4n) is 3.62. The Morgan fingerprint density at radius 1 is 0.935 bits per heavy atom. The van der Waals surface area contributed by atoms with E-state index in [4.69, 9.17) is 14.5 Å². The number of likely N-dealkylation sites (N-methyl/N-ethyl adjacent to an activating group) is 1. The lowest BCUT2D eigenvalue weighted by molar-refractivity contribution is -0.119. The van der Waals surface area contributed by atoms with Gasteiger partial charge in [-0.15, -0.1) is 0 Å². The van der Waals surface area contributed by atoms with Crippen LogP contribution in [0.5, 0.6) is 11.5 Å². The van der Waals surface area contributed by atoms with Crippen LogP contribution in [0.4, 0.5) is 5.69 Å². The first-order chi connectivity index (χ1) is 15.2. The molecule has 158 valence electrons. The number of fused-ring (bicyclic) bond motifs is 1. The van der Waals surface area contributed by atoms with Crippen LogP contribution in [0.3, 0.4) is 0 Å². The van der Waals surface area contributed by atoms with Crippen molar-refractivity contribution in [1.82, 2.24) is 9.55 Å². The van der Waals surface area contributed by atoms with E-state index < -0.39 is 0 Å². The standard InChI is InChI=1S/C25H25N3O3/c1-3-27(19-11-5-4-6-12-19)25(29)17-28-21-14-8-7-13-20(21)26-24(28)18-31-23-16-10-9-15-22(23)30-2/h4-16H,3,17-18H2,1-2H3. The van der Waals surface area contributed by atoms with Gasteiger partial charge in [0.15, 0.2) is 11.5 Å². The average molecular weight is 415 g/mol. The van der Waals surface area contributed by atoms with Gasteiger partial charge in [-0.1, -0.05) is 42.5 Å². The molecule has 0 aliphatic carbocycles. The van der Waals surface area contributed by atoms with E-state index in [1.54, 1.807) is 12.0 Å². The summed E-state index contributed by atoms with van der Waals surface area (Å²) in [6.07, 6.45) is 0. The van der Waals surface area contributed by atoms with Crippen LogP contribution in [0.15, 0.2) is 78.9 Å². The zero-order valence-electron chi connectivity index (χ0n) is 17.7. The Balaban J connectivity index is 1.63. The molecule has 1 heterocycles. The van der Waals surface area contributed by atoms with E-state index in [1.165, 1.54) is 0 Å². The molecule has 0 bridgehead atoms. The second-order valence-corrected chi connectivity index (χ2v) is 7.02. The zero-order valence-corrected chi connectivity index (χ0v) is 17.7. The number of para-hydroxylation sites is 5. The van der Waals surface area contributed by atoms with Gasteiger partial charge in [-0.2, -0.15) is 0 Å². The summed E-state index contributed by atoms with van der Waals surface area (Å²) in [4.78, 5) is 19.7. The normalized spacial score (nSPS) is 10.8. The van der Waals surface area contributed by atoms with Crippen LogP contribution < -0.4 is 14.4 Å². The van der Waals surface area contributed by atoms with Gasteiger partial charge in [0.25, 0.3) is 0 Å². The zero-order chi connectivity index (χ0) is 21.6. The van der Waals surface area contributed by atoms with Crippen molar-refractivity contribution >= 4 is 22.6 Å². The molecule has 0 saturated carbocycles. The molecule has 0 aliphatic heterocycles. The van der Waals surface area contributed by atoms with E-state index >= 15 is 0 Å². The van der Waals surface area contributed by atoms with Crippen LogP contribution in [0, 0.1) is 0 Å². The highest BCUT2D eigenvalue weighted by atomic mass is 16.5. The van der Waals surface area contributed by atoms with Gasteiger partial charge >= 0.3 is 0 Å². The molecule has 4 aromatic rings. The number of hydrogen-bond donors (Lipinski definition) is 0. The monoisotopic (exact) mass is 415 g/mol. The predicted molar refractivity (Wildman–Crippen MR) is 122 cm³/mol. The number of aromatic nitrogens is 2. The molecule has 1 amide bonds. The van der Waals surface area contributed by atoms with Gasteiger partial charge in [0.1, 0.15) is 19.0 Å². The third-order valence-electron chi connectivity index (χ3n) is 5.14. The topological polar surface area (TPSA) is 56.6 Å². The second-order valence-electron chi connectivity index (χ2n) is 7.02. The maximum absolute atomic E-state index is 13.2. The van der Waals surface area contributed by atoms with E-state index in [0.717, 1.165) is 16.7 Å². The number of imidazole rings is 1. The van der Waals surface area contributed by atoms with Gasteiger partial charge in [-0.25, -0.2) is 4.98 Å². The SMILES string of the molecule is CCN(C(=O)Cn1c(COc2ccccc2OC)nc2ccccc21)c1ccccc1. The predicted octanol–water partition coefficient (Wildman–Crippen LogP) is 4.68. The van der Waals surface area contributed by atoms with Gasteiger partial charge in [-0.3, -0.25) is 4.79 Å². The van der Waals surface area contributed by atoms with Gasteiger partial charge in [0.2, 0.25) is 5.91 Å². The highest BCUT2D eigenvalue weighted by Gasteiger charge is 2.19. The summed E-state index contributed by atoms with van der Waals surface area (Å²) in [5.74, 6) is 1.97. The summed E-state index contributed by atoms with van der Waals surface area (Å²) in [5, 5.41) is 0. The van der Waals surface area contributed by atoms with Crippen LogP contribution in [-0.4, -0.2) is 29.1 Å². The average Bonchev–Trinajstić information content (AvgIpc) is 3.16. The lowest BCUT2D eigenvalue weighted by atomic mass is 10.2. The molecule has 0 atom stereocenters. The minimum atomic E-state index is -0.00426. The number of anilines is 1. The maximum atomic E-state index is 13.2. The number of ether oxygens (including phenoxy) is 2. The van der Waals surface area contributed by atoms with Crippen molar-refractivity contribution in [2.45, 2.75) is 20.1 Å². The molecular formula is C25H25N3O3. The Morgan fingerprint density at radius 2 is 1.61 bits per heavy atom. The van der Waals surface area contributed by atoms with Crippen molar-refractivity contribution in [2.75, 3.05) is 18.6 Å². The van der Waals surface area contributed by atoms with Crippen molar-refractivity contribution in [2.24, 2.45) is 0 Å². The molecule has 6 nitrogen and oxygen atoms in total. The van der Waals surface area contributed by atoms with Gasteiger partial charge < -0.3 is 18.9 Å². The number of rotatable bonds is 8. The number of hydrogen-bond acceptors (Lipinski definition) is 4. The first-order valence-corrected chi connectivity index (χ1v) is 10.3. The molecule has 6 heteroatoms. The molecular weight excluding hydrogens is 390 g/mol. The molecule has 4 rings (SSSR count). The number of benzene rings is 3. The fraction of sp³-hybridized carbons (Fsp3) is 0.200. The minimum Gasteiger partial charge on any atom is -0.493 e. The summed E-state index contributed by atoms with van der Waals surface area (Å²) in [5.41, 5.74) is 2.61. The van der Waals surface area contributed by atoms with Crippen molar-refractivity contribution in [3.8, 4) is 11.5 Å². The van der Waals surface area contributed by atoms with E-state index in [1.807, 2.05) is 90.4 Å². The number of amides is 1. The minimum absolute atomic E-state index is 0.00426. The number of carbonyl (C=O) groups excluding carboxylic acids is 1. The molecule has 1 aromatic heterocycles. The van der Waals surface area contributed by atoms with E-state index in [0.29, 0.717) is 23.9 Å². The summed E-state index contributed by atoms with van der Waals surface area (Å²) < 4.78 is 13.3. The number of nitrogens with zero attached hydrogens (tertiary/aromatic N) is 3. The Labute approximate surface area is 181 Å². The molecule has 0 unspecified atom stereocenters. The van der Waals surface area contributed by atoms with Crippen LogP contribution in [0.2, 0.25) is 0 Å². The molecule has 0 saturated heterocycles. The van der Waals surface area contributed by atoms with Crippen molar-refractivity contribution in [3.63, 3.8) is 0 Å². The molecule has 0 aliphatic rings. The fourth-order valence-corrected chi connectivity index (χ4v) is 3.62. The maximum Gasteiger partial charge on any atom is 0.246 e.